The molecule has 0 aliphatic rings. The second-order valence-corrected chi connectivity index (χ2v) is 10.6. The number of benzene rings is 2. The van der Waals surface area contributed by atoms with Gasteiger partial charge in [-0.05, 0) is 96.8 Å². The summed E-state index contributed by atoms with van der Waals surface area (Å²) in [6.45, 7) is 6.95. The number of rotatable bonds is 6. The van der Waals surface area contributed by atoms with Gasteiger partial charge in [0.25, 0.3) is 5.91 Å². The van der Waals surface area contributed by atoms with Crippen molar-refractivity contribution in [3.63, 3.8) is 0 Å². The zero-order chi connectivity index (χ0) is 27.4. The van der Waals surface area contributed by atoms with Crippen molar-refractivity contribution in [3.05, 3.63) is 86.7 Å². The first-order valence-corrected chi connectivity index (χ1v) is 12.5. The Morgan fingerprint density at radius 2 is 1.70 bits per heavy atom. The highest BCUT2D eigenvalue weighted by Crippen LogP contribution is 2.34. The lowest BCUT2D eigenvalue weighted by molar-refractivity contribution is -0.137. The topological polar surface area (TPSA) is 80.3 Å². The molecule has 0 spiro atoms. The predicted molar refractivity (Wildman–Crippen MR) is 143 cm³/mol. The van der Waals surface area contributed by atoms with E-state index in [1.807, 2.05) is 0 Å². The van der Waals surface area contributed by atoms with Crippen LogP contribution in [0, 0.1) is 3.57 Å². The Hall–Kier alpha value is -3.15. The fourth-order valence-corrected chi connectivity index (χ4v) is 3.95. The lowest BCUT2D eigenvalue weighted by atomic mass is 9.95. The first-order chi connectivity index (χ1) is 17.2. The van der Waals surface area contributed by atoms with Gasteiger partial charge in [-0.3, -0.25) is 9.78 Å². The molecule has 1 heterocycles. The number of nitrogens with zero attached hydrogens (tertiary/aromatic N) is 1. The molecule has 2 N–H and O–H groups in total. The summed E-state index contributed by atoms with van der Waals surface area (Å²) in [4.78, 5) is 28.7. The van der Waals surface area contributed by atoms with Gasteiger partial charge in [-0.25, -0.2) is 4.79 Å². The van der Waals surface area contributed by atoms with Crippen LogP contribution in [0.1, 0.15) is 60.9 Å². The van der Waals surface area contributed by atoms with Gasteiger partial charge < -0.3 is 15.4 Å². The molecule has 196 valence electrons. The number of halogens is 4. The van der Waals surface area contributed by atoms with E-state index >= 15 is 0 Å². The molecule has 1 atom stereocenters. The summed E-state index contributed by atoms with van der Waals surface area (Å²) in [5, 5.41) is 5.47. The minimum atomic E-state index is -4.52. The monoisotopic (exact) mass is 625 g/mol. The van der Waals surface area contributed by atoms with Gasteiger partial charge in [0, 0.05) is 16.3 Å². The van der Waals surface area contributed by atoms with E-state index in [0.29, 0.717) is 22.4 Å². The van der Waals surface area contributed by atoms with Crippen molar-refractivity contribution in [3.8, 4) is 11.1 Å². The molecule has 0 fully saturated rings. The zero-order valence-corrected chi connectivity index (χ0v) is 22.9. The van der Waals surface area contributed by atoms with Crippen LogP contribution in [-0.2, 0) is 17.5 Å². The maximum atomic E-state index is 13.4. The molecule has 37 heavy (non-hydrogen) atoms. The van der Waals surface area contributed by atoms with E-state index in [1.54, 1.807) is 70.3 Å². The highest BCUT2D eigenvalue weighted by molar-refractivity contribution is 14.1. The number of nitrogens with one attached hydrogen (secondary N) is 2. The molecule has 0 aliphatic heterocycles. The molecule has 1 aromatic heterocycles. The van der Waals surface area contributed by atoms with E-state index in [1.165, 1.54) is 6.07 Å². The summed E-state index contributed by atoms with van der Waals surface area (Å²) in [6.07, 6.45) is -3.63. The molecule has 0 saturated carbocycles. The van der Waals surface area contributed by atoms with E-state index < -0.39 is 23.4 Å². The number of aromatic nitrogens is 1. The molecular weight excluding hydrogens is 598 g/mol. The van der Waals surface area contributed by atoms with Gasteiger partial charge in [-0.1, -0.05) is 30.3 Å². The van der Waals surface area contributed by atoms with Crippen LogP contribution >= 0.6 is 22.6 Å². The Labute approximate surface area is 227 Å². The number of carbonyl (C=O) groups excluding carboxylic acids is 2. The largest absolute Gasteiger partial charge is 0.444 e. The standard InChI is InChI=1S/C27H27F3IN3O3/c1-16(34-24(35)23-14-21(31)11-12-32-23)17-5-7-18(8-6-17)22-13-20(27(28,29)30)10-9-19(22)15-33-25(36)37-26(2,3)4/h5-14,16H,15H2,1-4H3,(H,33,36)(H,34,35)/t16-/m1/s1. The van der Waals surface area contributed by atoms with Gasteiger partial charge in [0.15, 0.2) is 0 Å². The number of alkyl halides is 3. The van der Waals surface area contributed by atoms with Crippen molar-refractivity contribution in [1.29, 1.82) is 0 Å². The van der Waals surface area contributed by atoms with Crippen molar-refractivity contribution in [2.75, 3.05) is 0 Å². The minimum absolute atomic E-state index is 0.0144. The van der Waals surface area contributed by atoms with Gasteiger partial charge >= 0.3 is 12.3 Å². The van der Waals surface area contributed by atoms with Crippen LogP contribution in [0.25, 0.3) is 11.1 Å². The average molecular weight is 625 g/mol. The predicted octanol–water partition coefficient (Wildman–Crippen LogP) is 6.89. The van der Waals surface area contributed by atoms with Crippen molar-refractivity contribution in [1.82, 2.24) is 15.6 Å². The summed E-state index contributed by atoms with van der Waals surface area (Å²) in [6, 6.07) is 13.4. The van der Waals surface area contributed by atoms with E-state index in [0.717, 1.165) is 21.3 Å². The van der Waals surface area contributed by atoms with Crippen molar-refractivity contribution in [2.45, 2.75) is 52.1 Å². The molecule has 0 radical (unpaired) electrons. The maximum absolute atomic E-state index is 13.4. The first-order valence-electron chi connectivity index (χ1n) is 11.4. The smallest absolute Gasteiger partial charge is 0.416 e. The molecule has 0 bridgehead atoms. The number of hydrogen-bond acceptors (Lipinski definition) is 4. The maximum Gasteiger partial charge on any atom is 0.416 e. The molecule has 3 aromatic rings. The Kier molecular flexibility index (Phi) is 8.83. The third kappa shape index (κ3) is 8.17. The normalized spacial score (nSPS) is 12.5. The molecule has 2 amide bonds. The van der Waals surface area contributed by atoms with Gasteiger partial charge in [-0.2, -0.15) is 13.2 Å². The summed E-state index contributed by atoms with van der Waals surface area (Å²) < 4.78 is 46.4. The second kappa shape index (κ2) is 11.5. The number of hydrogen-bond donors (Lipinski definition) is 2. The van der Waals surface area contributed by atoms with Crippen LogP contribution in [0.2, 0.25) is 0 Å². The van der Waals surface area contributed by atoms with Gasteiger partial charge in [0.1, 0.15) is 11.3 Å². The van der Waals surface area contributed by atoms with Crippen molar-refractivity contribution < 1.29 is 27.5 Å². The molecule has 6 nitrogen and oxygen atoms in total. The van der Waals surface area contributed by atoms with Crippen LogP contribution < -0.4 is 10.6 Å². The highest BCUT2D eigenvalue weighted by atomic mass is 127. The molecule has 3 rings (SSSR count). The Morgan fingerprint density at radius 1 is 1.03 bits per heavy atom. The van der Waals surface area contributed by atoms with Crippen LogP contribution in [0.5, 0.6) is 0 Å². The van der Waals surface area contributed by atoms with Gasteiger partial charge in [-0.15, -0.1) is 0 Å². The molecule has 0 unspecified atom stereocenters. The summed E-state index contributed by atoms with van der Waals surface area (Å²) in [5.74, 6) is -0.330. The van der Waals surface area contributed by atoms with Crippen molar-refractivity contribution in [2.24, 2.45) is 0 Å². The number of ether oxygens (including phenoxy) is 1. The molecule has 0 aliphatic carbocycles. The number of pyridine rings is 1. The first kappa shape index (κ1) is 28.4. The molecular formula is C27H27F3IN3O3. The third-order valence-electron chi connectivity index (χ3n) is 5.28. The Balaban J connectivity index is 1.82. The average Bonchev–Trinajstić information content (AvgIpc) is 2.81. The Bertz CT molecular complexity index is 1270. The van der Waals surface area contributed by atoms with Crippen molar-refractivity contribution >= 4 is 34.6 Å². The fourth-order valence-electron chi connectivity index (χ4n) is 3.49. The van der Waals surface area contributed by atoms with Gasteiger partial charge in [0.2, 0.25) is 0 Å². The quantitative estimate of drug-likeness (QED) is 0.293. The third-order valence-corrected chi connectivity index (χ3v) is 5.95. The summed E-state index contributed by atoms with van der Waals surface area (Å²) >= 11 is 2.10. The van der Waals surface area contributed by atoms with E-state index in [4.69, 9.17) is 4.74 Å². The molecule has 0 saturated heterocycles. The lowest BCUT2D eigenvalue weighted by Crippen LogP contribution is -2.32. The number of amides is 2. The zero-order valence-electron chi connectivity index (χ0n) is 20.7. The van der Waals surface area contributed by atoms with Crippen LogP contribution in [0.3, 0.4) is 0 Å². The second-order valence-electron chi connectivity index (χ2n) is 9.40. The lowest BCUT2D eigenvalue weighted by Gasteiger charge is -2.20. The SMILES string of the molecule is C[C@@H](NC(=O)c1cc(I)ccn1)c1ccc(-c2cc(C(F)(F)F)ccc2CNC(=O)OC(C)(C)C)cc1. The number of alkyl carbamates (subject to hydrolysis) is 1. The van der Waals surface area contributed by atoms with Crippen LogP contribution in [-0.4, -0.2) is 22.6 Å². The van der Waals surface area contributed by atoms with Crippen LogP contribution in [0.4, 0.5) is 18.0 Å². The minimum Gasteiger partial charge on any atom is -0.444 e. The summed E-state index contributed by atoms with van der Waals surface area (Å²) in [5.41, 5.74) is 0.927. The fraction of sp³-hybridized carbons (Fsp3) is 0.296. The van der Waals surface area contributed by atoms with Gasteiger partial charge in [0.05, 0.1) is 11.6 Å². The molecule has 10 heteroatoms. The Morgan fingerprint density at radius 3 is 2.30 bits per heavy atom. The van der Waals surface area contributed by atoms with E-state index in [2.05, 4.69) is 38.2 Å². The molecule has 2 aromatic carbocycles. The van der Waals surface area contributed by atoms with E-state index in [9.17, 15) is 22.8 Å². The highest BCUT2D eigenvalue weighted by Gasteiger charge is 2.31. The van der Waals surface area contributed by atoms with E-state index in [-0.39, 0.29) is 18.5 Å². The van der Waals surface area contributed by atoms with Crippen LogP contribution in [0.15, 0.2) is 60.8 Å². The summed E-state index contributed by atoms with van der Waals surface area (Å²) in [7, 11) is 0. The number of carbonyl (C=O) groups is 2.